The maximum atomic E-state index is 14.7. The van der Waals surface area contributed by atoms with E-state index in [0.29, 0.717) is 0 Å². The van der Waals surface area contributed by atoms with Gasteiger partial charge in [0.2, 0.25) is 0 Å². The molecule has 0 aliphatic carbocycles. The first-order chi connectivity index (χ1) is 21.1. The number of hydrogen-bond acceptors (Lipinski definition) is 1. The third-order valence-corrected chi connectivity index (χ3v) is 7.26. The van der Waals surface area contributed by atoms with Crippen molar-refractivity contribution in [3.63, 3.8) is 0 Å². The number of benzene rings is 5. The third-order valence-electron chi connectivity index (χ3n) is 7.26. The molecule has 0 saturated heterocycles. The Kier molecular flexibility index (Phi) is 8.35. The molecule has 230 valence electrons. The lowest BCUT2D eigenvalue weighted by molar-refractivity contribution is -0.138. The van der Waals surface area contributed by atoms with Crippen molar-refractivity contribution in [2.45, 2.75) is 24.4 Å². The molecule has 0 amide bonds. The Balaban J connectivity index is 1.82. The van der Waals surface area contributed by atoms with Crippen LogP contribution in [0.1, 0.15) is 44.1 Å². The van der Waals surface area contributed by atoms with E-state index in [4.69, 9.17) is 0 Å². The lowest BCUT2D eigenvalue weighted by atomic mass is 9.79. The highest BCUT2D eigenvalue weighted by atomic mass is 19.4. The highest BCUT2D eigenvalue weighted by molar-refractivity contribution is 6.12. The predicted octanol–water partition coefficient (Wildman–Crippen LogP) is 11.1. The molecule has 0 radical (unpaired) electrons. The SMILES string of the molecule is O=C(c1c(-c2cccc(C(F)(F)F)c2)cccc1-c1cccc(C(F)(F)F)c1)C(c1ccccc1)c1cccc(C(F)(F)F)c1. The Morgan fingerprint density at radius 2 is 0.844 bits per heavy atom. The molecule has 0 N–H and O–H groups in total. The topological polar surface area (TPSA) is 17.1 Å². The van der Waals surface area contributed by atoms with E-state index >= 15 is 0 Å². The van der Waals surface area contributed by atoms with Crippen molar-refractivity contribution in [3.8, 4) is 22.3 Å². The van der Waals surface area contributed by atoms with Gasteiger partial charge < -0.3 is 0 Å². The molecule has 1 nitrogen and oxygen atoms in total. The van der Waals surface area contributed by atoms with Crippen LogP contribution >= 0.6 is 0 Å². The van der Waals surface area contributed by atoms with Gasteiger partial charge in [0.05, 0.1) is 22.6 Å². The maximum Gasteiger partial charge on any atom is 0.416 e. The van der Waals surface area contributed by atoms with E-state index in [2.05, 4.69) is 0 Å². The first-order valence-electron chi connectivity index (χ1n) is 13.4. The molecule has 1 unspecified atom stereocenters. The molecule has 0 aliphatic rings. The summed E-state index contributed by atoms with van der Waals surface area (Å²) in [7, 11) is 0. The van der Waals surface area contributed by atoms with Crippen LogP contribution in [-0.2, 0) is 18.5 Å². The molecule has 5 rings (SSSR count). The number of carbonyl (C=O) groups is 1. The van der Waals surface area contributed by atoms with Gasteiger partial charge in [-0.15, -0.1) is 0 Å². The zero-order valence-corrected chi connectivity index (χ0v) is 22.9. The highest BCUT2D eigenvalue weighted by Crippen LogP contribution is 2.42. The van der Waals surface area contributed by atoms with Gasteiger partial charge in [-0.05, 0) is 63.7 Å². The minimum Gasteiger partial charge on any atom is -0.293 e. The van der Waals surface area contributed by atoms with Gasteiger partial charge in [0.1, 0.15) is 0 Å². The molecule has 5 aromatic rings. The van der Waals surface area contributed by atoms with Crippen molar-refractivity contribution in [2.24, 2.45) is 0 Å². The van der Waals surface area contributed by atoms with Crippen LogP contribution in [0.25, 0.3) is 22.3 Å². The lowest BCUT2D eigenvalue weighted by Crippen LogP contribution is -2.18. The highest BCUT2D eigenvalue weighted by Gasteiger charge is 2.35. The summed E-state index contributed by atoms with van der Waals surface area (Å²) in [6, 6.07) is 24.2. The first kappa shape index (κ1) is 31.6. The van der Waals surface area contributed by atoms with Gasteiger partial charge in [0.15, 0.2) is 5.78 Å². The fraction of sp³-hybridized carbons (Fsp3) is 0.114. The summed E-state index contributed by atoms with van der Waals surface area (Å²) in [5.41, 5.74) is -3.30. The van der Waals surface area contributed by atoms with Gasteiger partial charge in [-0.25, -0.2) is 0 Å². The summed E-state index contributed by atoms with van der Waals surface area (Å²) >= 11 is 0. The second-order valence-corrected chi connectivity index (χ2v) is 10.2. The monoisotopic (exact) mass is 628 g/mol. The van der Waals surface area contributed by atoms with Crippen LogP contribution in [0.5, 0.6) is 0 Å². The molecule has 0 bridgehead atoms. The second kappa shape index (κ2) is 11.9. The smallest absolute Gasteiger partial charge is 0.293 e. The molecule has 45 heavy (non-hydrogen) atoms. The van der Waals surface area contributed by atoms with Crippen molar-refractivity contribution < 1.29 is 44.3 Å². The molecule has 1 atom stereocenters. The number of rotatable bonds is 6. The first-order valence-corrected chi connectivity index (χ1v) is 13.4. The Hall–Kier alpha value is -4.86. The second-order valence-electron chi connectivity index (χ2n) is 10.2. The molecule has 5 aromatic carbocycles. The van der Waals surface area contributed by atoms with Gasteiger partial charge in [0, 0.05) is 5.56 Å². The molecule has 0 spiro atoms. The van der Waals surface area contributed by atoms with Crippen LogP contribution in [0.3, 0.4) is 0 Å². The van der Waals surface area contributed by atoms with Crippen LogP contribution < -0.4 is 0 Å². The van der Waals surface area contributed by atoms with E-state index in [-0.39, 0.29) is 38.9 Å². The van der Waals surface area contributed by atoms with Crippen molar-refractivity contribution in [3.05, 3.63) is 155 Å². The van der Waals surface area contributed by atoms with Gasteiger partial charge in [-0.3, -0.25) is 4.79 Å². The zero-order valence-electron chi connectivity index (χ0n) is 22.9. The lowest BCUT2D eigenvalue weighted by Gasteiger charge is -2.23. The molecule has 0 saturated carbocycles. The van der Waals surface area contributed by atoms with Crippen LogP contribution in [0.15, 0.2) is 121 Å². The number of hydrogen-bond donors (Lipinski definition) is 0. The summed E-state index contributed by atoms with van der Waals surface area (Å²) in [4.78, 5) is 14.7. The molecule has 10 heteroatoms. The Labute approximate surface area is 251 Å². The fourth-order valence-corrected chi connectivity index (χ4v) is 5.20. The third kappa shape index (κ3) is 6.79. The van der Waals surface area contributed by atoms with Crippen molar-refractivity contribution in [1.82, 2.24) is 0 Å². The Bertz CT molecular complexity index is 1760. The largest absolute Gasteiger partial charge is 0.416 e. The summed E-state index contributed by atoms with van der Waals surface area (Å²) in [6.45, 7) is 0. The van der Waals surface area contributed by atoms with Gasteiger partial charge in [-0.2, -0.15) is 39.5 Å². The fourth-order valence-electron chi connectivity index (χ4n) is 5.20. The molecular formula is C35H21F9O. The van der Waals surface area contributed by atoms with E-state index in [0.717, 1.165) is 54.6 Å². The minimum absolute atomic E-state index is 0.0334. The number of Topliss-reactive ketones (excluding diaryl/α,β-unsaturated/α-hetero) is 1. The van der Waals surface area contributed by atoms with E-state index in [1.54, 1.807) is 18.2 Å². The number of carbonyl (C=O) groups excluding carboxylic acids is 1. The van der Waals surface area contributed by atoms with E-state index in [1.165, 1.54) is 48.5 Å². The van der Waals surface area contributed by atoms with Gasteiger partial charge >= 0.3 is 18.5 Å². The molecule has 0 fully saturated rings. The van der Waals surface area contributed by atoms with Crippen LogP contribution in [-0.4, -0.2) is 5.78 Å². The average molecular weight is 629 g/mol. The van der Waals surface area contributed by atoms with Gasteiger partial charge in [-0.1, -0.05) is 91.0 Å². The Morgan fingerprint density at radius 1 is 0.444 bits per heavy atom. The normalized spacial score (nSPS) is 13.0. The molecule has 0 heterocycles. The summed E-state index contributed by atoms with van der Waals surface area (Å²) in [5, 5.41) is 0. The molecule has 0 aromatic heterocycles. The van der Waals surface area contributed by atoms with E-state index in [9.17, 15) is 44.3 Å². The van der Waals surface area contributed by atoms with Crippen molar-refractivity contribution >= 4 is 5.78 Å². The Morgan fingerprint density at radius 3 is 1.31 bits per heavy atom. The number of alkyl halides is 9. The standard InChI is InChI=1S/C35H21F9O/c36-33(37,38)25-13-4-10-22(18-25)28-16-7-17-29(23-11-5-14-26(19-23)34(39,40)41)31(28)32(45)30(21-8-2-1-3-9-21)24-12-6-15-27(20-24)35(42,43)44/h1-20,30H. The minimum atomic E-state index is -4.75. The predicted molar refractivity (Wildman–Crippen MR) is 151 cm³/mol. The van der Waals surface area contributed by atoms with Crippen LogP contribution in [0, 0.1) is 0 Å². The number of halogens is 9. The average Bonchev–Trinajstić information content (AvgIpc) is 3.00. The quantitative estimate of drug-likeness (QED) is 0.135. The number of ketones is 1. The summed E-state index contributed by atoms with van der Waals surface area (Å²) in [5.74, 6) is -2.22. The molecular weight excluding hydrogens is 607 g/mol. The van der Waals surface area contributed by atoms with Crippen molar-refractivity contribution in [1.29, 1.82) is 0 Å². The summed E-state index contributed by atoms with van der Waals surface area (Å²) in [6.07, 6.45) is -14.2. The maximum absolute atomic E-state index is 14.7. The van der Waals surface area contributed by atoms with Crippen molar-refractivity contribution in [2.75, 3.05) is 0 Å². The van der Waals surface area contributed by atoms with E-state index in [1.807, 2.05) is 0 Å². The van der Waals surface area contributed by atoms with E-state index < -0.39 is 46.9 Å². The van der Waals surface area contributed by atoms with Gasteiger partial charge in [0.25, 0.3) is 0 Å². The molecule has 0 aliphatic heterocycles. The van der Waals surface area contributed by atoms with Crippen LogP contribution in [0.4, 0.5) is 39.5 Å². The zero-order chi connectivity index (χ0) is 32.6. The summed E-state index contributed by atoms with van der Waals surface area (Å²) < 4.78 is 123. The van der Waals surface area contributed by atoms with Crippen LogP contribution in [0.2, 0.25) is 0 Å².